The van der Waals surface area contributed by atoms with E-state index in [2.05, 4.69) is 0 Å². The molecule has 124 valence electrons. The second kappa shape index (κ2) is 11.6. The molecule has 0 heterocycles. The molecule has 0 saturated carbocycles. The minimum atomic E-state index is -0.277. The second-order valence-corrected chi connectivity index (χ2v) is 4.70. The van der Waals surface area contributed by atoms with Gasteiger partial charge in [0.1, 0.15) is 0 Å². The summed E-state index contributed by atoms with van der Waals surface area (Å²) in [5.74, 6) is -0.0544. The molecule has 0 bridgehead atoms. The van der Waals surface area contributed by atoms with Crippen LogP contribution >= 0.6 is 0 Å². The molecule has 0 fully saturated rings. The first kappa shape index (κ1) is 21.1. The molecule has 0 atom stereocenters. The Bertz CT molecular complexity index is 560. The molecule has 23 heavy (non-hydrogen) atoms. The van der Waals surface area contributed by atoms with Gasteiger partial charge in [-0.3, -0.25) is 0 Å². The van der Waals surface area contributed by atoms with Crippen molar-refractivity contribution in [2.24, 2.45) is 0 Å². The smallest absolute Gasteiger partial charge is 0.875 e. The molecule has 0 aromatic heterocycles. The van der Waals surface area contributed by atoms with Gasteiger partial charge in [-0.1, -0.05) is 62.5 Å². The van der Waals surface area contributed by atoms with Gasteiger partial charge in [-0.2, -0.15) is 0 Å². The van der Waals surface area contributed by atoms with Crippen molar-refractivity contribution in [2.75, 3.05) is 6.61 Å². The van der Waals surface area contributed by atoms with Crippen molar-refractivity contribution >= 4 is 0 Å². The predicted octanol–water partition coefficient (Wildman–Crippen LogP) is 2.80. The zero-order valence-corrected chi connectivity index (χ0v) is 14.8. The zero-order chi connectivity index (χ0) is 16.4. The van der Waals surface area contributed by atoms with E-state index in [9.17, 15) is 10.2 Å². The van der Waals surface area contributed by atoms with Crippen molar-refractivity contribution in [3.63, 3.8) is 0 Å². The molecule has 4 heteroatoms. The summed E-state index contributed by atoms with van der Waals surface area (Å²) in [5.41, 5.74) is 2.83. The van der Waals surface area contributed by atoms with Gasteiger partial charge in [0.2, 0.25) is 0 Å². The van der Waals surface area contributed by atoms with E-state index in [1.54, 1.807) is 6.92 Å². The van der Waals surface area contributed by atoms with Gasteiger partial charge in [0.05, 0.1) is 5.95 Å². The molecule has 2 aliphatic rings. The summed E-state index contributed by atoms with van der Waals surface area (Å²) in [7, 11) is 0. The molecular weight excluding hydrogens is 332 g/mol. The number of allylic oxidation sites excluding steroid dienone is 13. The number of hydrogen-bond acceptors (Lipinski definition) is 3. The maximum absolute atomic E-state index is 11.1. The number of hydrogen-bond donors (Lipinski definition) is 0. The number of rotatable bonds is 4. The van der Waals surface area contributed by atoms with Crippen molar-refractivity contribution in [3.8, 4) is 0 Å². The summed E-state index contributed by atoms with van der Waals surface area (Å²) in [4.78, 5) is 0. The van der Waals surface area contributed by atoms with E-state index in [1.165, 1.54) is 6.08 Å². The van der Waals surface area contributed by atoms with Crippen LogP contribution in [0.4, 0.5) is 0 Å². The van der Waals surface area contributed by atoms with Gasteiger partial charge in [-0.25, -0.2) is 0 Å². The first-order chi connectivity index (χ1) is 10.6. The van der Waals surface area contributed by atoms with Crippen LogP contribution in [0.3, 0.4) is 0 Å². The summed E-state index contributed by atoms with van der Waals surface area (Å²) in [6, 6.07) is 0. The van der Waals surface area contributed by atoms with E-state index >= 15 is 0 Å². The Morgan fingerprint density at radius 1 is 0.957 bits per heavy atom. The van der Waals surface area contributed by atoms with E-state index in [0.29, 0.717) is 13.0 Å². The summed E-state index contributed by atoms with van der Waals surface area (Å²) in [6.07, 6.45) is 17.4. The zero-order valence-electron chi connectivity index (χ0n) is 13.7. The van der Waals surface area contributed by atoms with Crippen LogP contribution in [0.25, 0.3) is 0 Å². The number of ether oxygens (including phenoxy) is 1. The maximum Gasteiger partial charge on any atom is 2.00 e. The molecule has 3 nitrogen and oxygen atoms in total. The molecule has 0 aliphatic heterocycles. The predicted molar refractivity (Wildman–Crippen MR) is 86.3 cm³/mol. The van der Waals surface area contributed by atoms with Gasteiger partial charge in [-0.15, -0.1) is 5.76 Å². The van der Waals surface area contributed by atoms with Crippen molar-refractivity contribution in [1.29, 1.82) is 0 Å². The van der Waals surface area contributed by atoms with Gasteiger partial charge in [0.15, 0.2) is 0 Å². The monoisotopic (exact) mass is 354 g/mol. The van der Waals surface area contributed by atoms with Crippen LogP contribution in [-0.2, 0) is 21.8 Å². The summed E-state index contributed by atoms with van der Waals surface area (Å²) in [5, 5.41) is 21.9. The van der Waals surface area contributed by atoms with Crippen LogP contribution in [-0.4, -0.2) is 6.61 Å². The van der Waals surface area contributed by atoms with Gasteiger partial charge in [-0.05, 0) is 42.7 Å². The van der Waals surface area contributed by atoms with Gasteiger partial charge in [0.25, 0.3) is 0 Å². The normalized spacial score (nSPS) is 14.5. The average molecular weight is 354 g/mol. The van der Waals surface area contributed by atoms with E-state index in [4.69, 9.17) is 4.74 Å². The molecule has 0 radical (unpaired) electrons. The first-order valence-electron chi connectivity index (χ1n) is 7.40. The maximum atomic E-state index is 11.1. The minimum absolute atomic E-state index is 0. The Kier molecular flexibility index (Phi) is 10.7. The topological polar surface area (TPSA) is 55.3 Å². The van der Waals surface area contributed by atoms with Crippen molar-refractivity contribution in [2.45, 2.75) is 27.2 Å². The standard InChI is InChI=1S/C11H14O2.C8H10O.Fe/c1-3-13-11(12)8-9(2)10-6-4-5-7-10;1-2-8(9)7-5-3-4-6-7;/h4-8,12H,3H2,1-2H3;3-6,9H,2H2,1H3;/q;;+2/p-2. The van der Waals surface area contributed by atoms with Crippen LogP contribution in [0, 0.1) is 0 Å². The molecule has 0 aromatic carbocycles. The summed E-state index contributed by atoms with van der Waals surface area (Å²) in [6.45, 7) is 5.98. The first-order valence-corrected chi connectivity index (χ1v) is 7.40. The van der Waals surface area contributed by atoms with E-state index < -0.39 is 0 Å². The van der Waals surface area contributed by atoms with Gasteiger partial charge in [0, 0.05) is 0 Å². The molecule has 0 unspecified atom stereocenters. The SMILES string of the molecule is CCC([O-])=C1C=CC=C1.CCOC([O-])=CC(C)=C1C=CC=C1.[Fe+2]. The molecule has 0 amide bonds. The van der Waals surface area contributed by atoms with Gasteiger partial charge >= 0.3 is 17.1 Å². The molecule has 2 aliphatic carbocycles. The second-order valence-electron chi connectivity index (χ2n) is 4.70. The Balaban J connectivity index is 0.000000427. The molecule has 0 saturated heterocycles. The van der Waals surface area contributed by atoms with Gasteiger partial charge < -0.3 is 14.9 Å². The van der Waals surface area contributed by atoms with Crippen LogP contribution in [0.2, 0.25) is 0 Å². The molecule has 2 rings (SSSR count). The van der Waals surface area contributed by atoms with Crippen LogP contribution in [0.15, 0.2) is 83.1 Å². The molecular formula is C19H22FeO3. The third-order valence-corrected chi connectivity index (χ3v) is 3.04. The quantitative estimate of drug-likeness (QED) is 0.576. The van der Waals surface area contributed by atoms with E-state index in [-0.39, 0.29) is 28.8 Å². The summed E-state index contributed by atoms with van der Waals surface area (Å²) < 4.78 is 4.80. The van der Waals surface area contributed by atoms with E-state index in [0.717, 1.165) is 16.7 Å². The molecule has 0 spiro atoms. The van der Waals surface area contributed by atoms with E-state index in [1.807, 2.05) is 62.5 Å². The Morgan fingerprint density at radius 3 is 1.87 bits per heavy atom. The van der Waals surface area contributed by atoms with Crippen molar-refractivity contribution in [1.82, 2.24) is 0 Å². The molecule has 0 aromatic rings. The third-order valence-electron chi connectivity index (χ3n) is 3.04. The largest absolute Gasteiger partial charge is 2.00 e. The fraction of sp³-hybridized carbons (Fsp3) is 0.263. The minimum Gasteiger partial charge on any atom is -0.875 e. The Morgan fingerprint density at radius 2 is 1.43 bits per heavy atom. The fourth-order valence-electron chi connectivity index (χ4n) is 1.84. The van der Waals surface area contributed by atoms with Crippen LogP contribution in [0.1, 0.15) is 27.2 Å². The molecule has 0 N–H and O–H groups in total. The average Bonchev–Trinajstić information content (AvgIpc) is 3.20. The third kappa shape index (κ3) is 7.78. The van der Waals surface area contributed by atoms with Crippen molar-refractivity contribution in [3.05, 3.63) is 83.1 Å². The fourth-order valence-corrected chi connectivity index (χ4v) is 1.84. The van der Waals surface area contributed by atoms with Crippen molar-refractivity contribution < 1.29 is 32.0 Å². The summed E-state index contributed by atoms with van der Waals surface area (Å²) >= 11 is 0. The van der Waals surface area contributed by atoms with Crippen LogP contribution in [0.5, 0.6) is 0 Å². The Hall–Kier alpha value is -1.90. The Labute approximate surface area is 149 Å². The van der Waals surface area contributed by atoms with Crippen LogP contribution < -0.4 is 10.2 Å².